The highest BCUT2D eigenvalue weighted by molar-refractivity contribution is 7.11. The van der Waals surface area contributed by atoms with E-state index in [2.05, 4.69) is 4.98 Å². The quantitative estimate of drug-likeness (QED) is 0.767. The van der Waals surface area contributed by atoms with Gasteiger partial charge in [-0.3, -0.25) is 0 Å². The molecular formula is C11H11NOS. The molecule has 0 aliphatic carbocycles. The molecule has 0 fully saturated rings. The Balaban J connectivity index is 2.25. The standard InChI is InChI=1S/C11H11NOS/c1-2-13-11-12-10(8-14-11)9-6-4-3-5-7-9/h3-8H,2H2,1H3. The molecule has 14 heavy (non-hydrogen) atoms. The first-order valence-electron chi connectivity index (χ1n) is 4.54. The van der Waals surface area contributed by atoms with Crippen molar-refractivity contribution in [3.05, 3.63) is 35.7 Å². The van der Waals surface area contributed by atoms with Crippen molar-refractivity contribution in [3.8, 4) is 16.5 Å². The molecule has 0 aliphatic rings. The van der Waals surface area contributed by atoms with E-state index in [-0.39, 0.29) is 0 Å². The Morgan fingerprint density at radius 2 is 2.07 bits per heavy atom. The molecule has 0 saturated heterocycles. The molecule has 0 N–H and O–H groups in total. The predicted molar refractivity (Wildman–Crippen MR) is 58.7 cm³/mol. The van der Waals surface area contributed by atoms with Crippen molar-refractivity contribution in [2.24, 2.45) is 0 Å². The number of ether oxygens (including phenoxy) is 1. The van der Waals surface area contributed by atoms with E-state index >= 15 is 0 Å². The van der Waals surface area contributed by atoms with Gasteiger partial charge in [0, 0.05) is 10.9 Å². The molecule has 2 rings (SSSR count). The van der Waals surface area contributed by atoms with Gasteiger partial charge in [0.15, 0.2) is 0 Å². The van der Waals surface area contributed by atoms with Gasteiger partial charge in [0.2, 0.25) is 0 Å². The highest BCUT2D eigenvalue weighted by Gasteiger charge is 2.03. The van der Waals surface area contributed by atoms with Crippen molar-refractivity contribution in [2.75, 3.05) is 6.61 Å². The Bertz CT molecular complexity index is 397. The first-order chi connectivity index (χ1) is 6.90. The molecule has 2 aromatic rings. The molecule has 0 aliphatic heterocycles. The fraction of sp³-hybridized carbons (Fsp3) is 0.182. The van der Waals surface area contributed by atoms with E-state index in [1.165, 1.54) is 11.3 Å². The van der Waals surface area contributed by atoms with E-state index in [0.717, 1.165) is 16.5 Å². The molecular weight excluding hydrogens is 194 g/mol. The van der Waals surface area contributed by atoms with Crippen LogP contribution in [0, 0.1) is 0 Å². The number of benzene rings is 1. The number of hydrogen-bond acceptors (Lipinski definition) is 3. The summed E-state index contributed by atoms with van der Waals surface area (Å²) in [7, 11) is 0. The summed E-state index contributed by atoms with van der Waals surface area (Å²) in [4.78, 5) is 4.37. The topological polar surface area (TPSA) is 22.1 Å². The van der Waals surface area contributed by atoms with Gasteiger partial charge in [-0.15, -0.1) is 0 Å². The molecule has 2 nitrogen and oxygen atoms in total. The summed E-state index contributed by atoms with van der Waals surface area (Å²) >= 11 is 1.54. The molecule has 0 bridgehead atoms. The first kappa shape index (κ1) is 9.21. The van der Waals surface area contributed by atoms with Crippen LogP contribution in [0.2, 0.25) is 0 Å². The fourth-order valence-electron chi connectivity index (χ4n) is 1.19. The van der Waals surface area contributed by atoms with Crippen LogP contribution in [0.1, 0.15) is 6.92 Å². The predicted octanol–water partition coefficient (Wildman–Crippen LogP) is 3.21. The van der Waals surface area contributed by atoms with E-state index in [4.69, 9.17) is 4.74 Å². The van der Waals surface area contributed by atoms with Gasteiger partial charge in [0.25, 0.3) is 5.19 Å². The maximum atomic E-state index is 5.32. The third kappa shape index (κ3) is 1.93. The van der Waals surface area contributed by atoms with Gasteiger partial charge in [-0.1, -0.05) is 41.7 Å². The minimum atomic E-state index is 0.668. The Kier molecular flexibility index (Phi) is 2.79. The summed E-state index contributed by atoms with van der Waals surface area (Å²) in [5.74, 6) is 0. The van der Waals surface area contributed by atoms with Gasteiger partial charge in [0.1, 0.15) is 0 Å². The SMILES string of the molecule is CCOc1nc(-c2ccccc2)cs1. The van der Waals surface area contributed by atoms with Gasteiger partial charge < -0.3 is 4.74 Å². The first-order valence-corrected chi connectivity index (χ1v) is 5.42. The van der Waals surface area contributed by atoms with Crippen LogP contribution in [0.3, 0.4) is 0 Å². The van der Waals surface area contributed by atoms with Crippen molar-refractivity contribution < 1.29 is 4.74 Å². The zero-order valence-electron chi connectivity index (χ0n) is 7.93. The lowest BCUT2D eigenvalue weighted by Gasteiger charge is -1.95. The highest BCUT2D eigenvalue weighted by atomic mass is 32.1. The van der Waals surface area contributed by atoms with E-state index < -0.39 is 0 Å². The fourth-order valence-corrected chi connectivity index (χ4v) is 1.93. The van der Waals surface area contributed by atoms with Crippen LogP contribution in [0.15, 0.2) is 35.7 Å². The smallest absolute Gasteiger partial charge is 0.273 e. The maximum Gasteiger partial charge on any atom is 0.273 e. The molecule has 3 heteroatoms. The van der Waals surface area contributed by atoms with Gasteiger partial charge >= 0.3 is 0 Å². The number of rotatable bonds is 3. The molecule has 0 radical (unpaired) electrons. The average Bonchev–Trinajstić information content (AvgIpc) is 2.68. The van der Waals surface area contributed by atoms with Crippen LogP contribution < -0.4 is 4.74 Å². The third-order valence-corrected chi connectivity index (χ3v) is 2.57. The molecule has 1 aromatic heterocycles. The normalized spacial score (nSPS) is 10.1. The maximum absolute atomic E-state index is 5.32. The Morgan fingerprint density at radius 1 is 1.29 bits per heavy atom. The lowest BCUT2D eigenvalue weighted by molar-refractivity contribution is 0.338. The summed E-state index contributed by atoms with van der Waals surface area (Å²) in [6.45, 7) is 2.63. The van der Waals surface area contributed by atoms with Crippen molar-refractivity contribution in [2.45, 2.75) is 6.92 Å². The highest BCUT2D eigenvalue weighted by Crippen LogP contribution is 2.25. The zero-order chi connectivity index (χ0) is 9.80. The van der Waals surface area contributed by atoms with Crippen LogP contribution in [0.5, 0.6) is 5.19 Å². The van der Waals surface area contributed by atoms with E-state index in [1.54, 1.807) is 0 Å². The van der Waals surface area contributed by atoms with Crippen molar-refractivity contribution >= 4 is 11.3 Å². The molecule has 1 heterocycles. The number of nitrogens with zero attached hydrogens (tertiary/aromatic N) is 1. The van der Waals surface area contributed by atoms with Crippen molar-refractivity contribution in [1.29, 1.82) is 0 Å². The van der Waals surface area contributed by atoms with Crippen LogP contribution >= 0.6 is 11.3 Å². The molecule has 0 atom stereocenters. The molecule has 72 valence electrons. The average molecular weight is 205 g/mol. The van der Waals surface area contributed by atoms with Gasteiger partial charge in [-0.05, 0) is 6.92 Å². The summed E-state index contributed by atoms with van der Waals surface area (Å²) in [6.07, 6.45) is 0. The number of hydrogen-bond donors (Lipinski definition) is 0. The lowest BCUT2D eigenvalue weighted by atomic mass is 10.2. The zero-order valence-corrected chi connectivity index (χ0v) is 8.75. The molecule has 0 unspecified atom stereocenters. The van der Waals surface area contributed by atoms with Crippen LogP contribution in [-0.2, 0) is 0 Å². The second-order valence-corrected chi connectivity index (χ2v) is 3.62. The summed E-state index contributed by atoms with van der Waals surface area (Å²) in [5, 5.41) is 2.76. The second-order valence-electron chi connectivity index (χ2n) is 2.80. The summed E-state index contributed by atoms with van der Waals surface area (Å²) in [6, 6.07) is 10.1. The largest absolute Gasteiger partial charge is 0.470 e. The molecule has 0 spiro atoms. The third-order valence-electron chi connectivity index (χ3n) is 1.82. The minimum absolute atomic E-state index is 0.668. The van der Waals surface area contributed by atoms with Crippen molar-refractivity contribution in [1.82, 2.24) is 4.98 Å². The summed E-state index contributed by atoms with van der Waals surface area (Å²) in [5.41, 5.74) is 2.12. The molecule has 1 aromatic carbocycles. The van der Waals surface area contributed by atoms with Crippen LogP contribution in [-0.4, -0.2) is 11.6 Å². The van der Waals surface area contributed by atoms with E-state index in [0.29, 0.717) is 6.61 Å². The van der Waals surface area contributed by atoms with Crippen LogP contribution in [0.4, 0.5) is 0 Å². The van der Waals surface area contributed by atoms with E-state index in [1.807, 2.05) is 42.6 Å². The van der Waals surface area contributed by atoms with Gasteiger partial charge in [-0.2, -0.15) is 0 Å². The minimum Gasteiger partial charge on any atom is -0.470 e. The van der Waals surface area contributed by atoms with Gasteiger partial charge in [-0.25, -0.2) is 4.98 Å². The molecule has 0 amide bonds. The Morgan fingerprint density at radius 3 is 2.79 bits per heavy atom. The Labute approximate surface area is 87.2 Å². The van der Waals surface area contributed by atoms with Crippen LogP contribution in [0.25, 0.3) is 11.3 Å². The number of thiazole rings is 1. The second kappa shape index (κ2) is 4.24. The van der Waals surface area contributed by atoms with E-state index in [9.17, 15) is 0 Å². The number of aromatic nitrogens is 1. The van der Waals surface area contributed by atoms with Gasteiger partial charge in [0.05, 0.1) is 12.3 Å². The lowest BCUT2D eigenvalue weighted by Crippen LogP contribution is -1.89. The Hall–Kier alpha value is -1.35. The summed E-state index contributed by atoms with van der Waals surface area (Å²) < 4.78 is 5.32. The van der Waals surface area contributed by atoms with Crippen molar-refractivity contribution in [3.63, 3.8) is 0 Å². The molecule has 0 saturated carbocycles. The monoisotopic (exact) mass is 205 g/mol.